The maximum absolute atomic E-state index is 13.9. The van der Waals surface area contributed by atoms with Gasteiger partial charge in [-0.2, -0.15) is 0 Å². The van der Waals surface area contributed by atoms with Crippen LogP contribution in [0.4, 0.5) is 21.5 Å². The Balaban J connectivity index is 2.29. The van der Waals surface area contributed by atoms with Crippen molar-refractivity contribution in [3.05, 3.63) is 52.3 Å². The molecule has 0 atom stereocenters. The van der Waals surface area contributed by atoms with Crippen molar-refractivity contribution < 1.29 is 4.39 Å². The molecule has 122 valence electrons. The molecule has 0 saturated carbocycles. The summed E-state index contributed by atoms with van der Waals surface area (Å²) in [5.41, 5.74) is 3.83. The van der Waals surface area contributed by atoms with Crippen LogP contribution in [-0.4, -0.2) is 24.8 Å². The Labute approximate surface area is 141 Å². The van der Waals surface area contributed by atoms with E-state index in [9.17, 15) is 4.39 Å². The largest absolute Gasteiger partial charge is 0.366 e. The first kappa shape index (κ1) is 17.3. The van der Waals surface area contributed by atoms with Crippen molar-refractivity contribution in [2.45, 2.75) is 20.8 Å². The fraction of sp³-hybridized carbons (Fsp3) is 0.278. The molecule has 0 spiro atoms. The molecule has 0 aliphatic carbocycles. The Morgan fingerprint density at radius 2 is 1.96 bits per heavy atom. The molecule has 2 aromatic carbocycles. The first-order valence-electron chi connectivity index (χ1n) is 7.48. The lowest BCUT2D eigenvalue weighted by Crippen LogP contribution is -2.14. The van der Waals surface area contributed by atoms with Gasteiger partial charge in [0.15, 0.2) is 0 Å². The van der Waals surface area contributed by atoms with Crippen molar-refractivity contribution in [1.29, 1.82) is 0 Å². The van der Waals surface area contributed by atoms with Gasteiger partial charge in [-0.05, 0) is 56.2 Å². The van der Waals surface area contributed by atoms with Gasteiger partial charge in [0.2, 0.25) is 0 Å². The molecule has 0 heterocycles. The van der Waals surface area contributed by atoms with Crippen molar-refractivity contribution in [1.82, 2.24) is 4.90 Å². The van der Waals surface area contributed by atoms with Crippen molar-refractivity contribution in [3.63, 3.8) is 0 Å². The molecule has 0 aliphatic rings. The number of halogens is 2. The zero-order valence-corrected chi connectivity index (χ0v) is 14.6. The molecule has 0 fully saturated rings. The van der Waals surface area contributed by atoms with E-state index in [-0.39, 0.29) is 5.82 Å². The van der Waals surface area contributed by atoms with Crippen LogP contribution < -0.4 is 5.32 Å². The summed E-state index contributed by atoms with van der Waals surface area (Å²) in [6.45, 7) is 6.77. The molecule has 2 rings (SSSR count). The molecule has 0 amide bonds. The molecule has 0 aromatic heterocycles. The molecular weight excluding hydrogens is 313 g/mol. The Morgan fingerprint density at radius 1 is 1.22 bits per heavy atom. The average Bonchev–Trinajstić information content (AvgIpc) is 2.52. The van der Waals surface area contributed by atoms with Crippen LogP contribution >= 0.6 is 11.6 Å². The Bertz CT molecular complexity index is 728. The first-order valence-corrected chi connectivity index (χ1v) is 7.86. The standard InChI is InChI=1S/C18H21ClFN3/c1-5-23(4)11-21-17-9-13(3)16(10-14(17)19)22-18-8-12(2)6-7-15(18)20/h6-11,22H,5H2,1-4H3/b21-11-. The lowest BCUT2D eigenvalue weighted by atomic mass is 10.1. The van der Waals surface area contributed by atoms with E-state index >= 15 is 0 Å². The number of aryl methyl sites for hydroxylation is 2. The maximum Gasteiger partial charge on any atom is 0.146 e. The van der Waals surface area contributed by atoms with Gasteiger partial charge in [-0.25, -0.2) is 9.38 Å². The number of hydrogen-bond acceptors (Lipinski definition) is 2. The highest BCUT2D eigenvalue weighted by atomic mass is 35.5. The molecule has 3 nitrogen and oxygen atoms in total. The SMILES string of the molecule is CCN(C)/C=N\c1cc(C)c(Nc2cc(C)ccc2F)cc1Cl. The van der Waals surface area contributed by atoms with Crippen LogP contribution in [0.3, 0.4) is 0 Å². The molecule has 0 radical (unpaired) electrons. The quantitative estimate of drug-likeness (QED) is 0.582. The summed E-state index contributed by atoms with van der Waals surface area (Å²) >= 11 is 6.30. The first-order chi connectivity index (χ1) is 10.9. The van der Waals surface area contributed by atoms with E-state index in [2.05, 4.69) is 10.3 Å². The van der Waals surface area contributed by atoms with Gasteiger partial charge in [-0.1, -0.05) is 17.7 Å². The van der Waals surface area contributed by atoms with Crippen molar-refractivity contribution in [3.8, 4) is 0 Å². The Hall–Kier alpha value is -2.07. The van der Waals surface area contributed by atoms with Gasteiger partial charge < -0.3 is 10.2 Å². The Kier molecular flexibility index (Phi) is 5.61. The normalized spacial score (nSPS) is 11.0. The molecule has 0 saturated heterocycles. The van der Waals surface area contributed by atoms with Crippen LogP contribution in [0.15, 0.2) is 35.3 Å². The van der Waals surface area contributed by atoms with E-state index in [1.807, 2.05) is 38.8 Å². The zero-order valence-electron chi connectivity index (χ0n) is 13.8. The lowest BCUT2D eigenvalue weighted by molar-refractivity contribution is 0.552. The number of nitrogens with zero attached hydrogens (tertiary/aromatic N) is 2. The van der Waals surface area contributed by atoms with E-state index < -0.39 is 0 Å². The van der Waals surface area contributed by atoms with Gasteiger partial charge in [0.05, 0.1) is 22.7 Å². The third kappa shape index (κ3) is 4.45. The van der Waals surface area contributed by atoms with Crippen LogP contribution in [0.5, 0.6) is 0 Å². The van der Waals surface area contributed by atoms with E-state index in [1.54, 1.807) is 24.5 Å². The fourth-order valence-corrected chi connectivity index (χ4v) is 2.23. The van der Waals surface area contributed by atoms with E-state index in [0.29, 0.717) is 16.4 Å². The van der Waals surface area contributed by atoms with Gasteiger partial charge in [-0.15, -0.1) is 0 Å². The summed E-state index contributed by atoms with van der Waals surface area (Å²) in [4.78, 5) is 6.34. The number of aliphatic imine (C=N–C) groups is 1. The van der Waals surface area contributed by atoms with Crippen LogP contribution in [-0.2, 0) is 0 Å². The summed E-state index contributed by atoms with van der Waals surface area (Å²) in [7, 11) is 1.95. The number of nitrogens with one attached hydrogen (secondary N) is 1. The van der Waals surface area contributed by atoms with E-state index in [0.717, 1.165) is 23.4 Å². The van der Waals surface area contributed by atoms with Gasteiger partial charge in [0.1, 0.15) is 5.82 Å². The second-order valence-corrected chi connectivity index (χ2v) is 5.95. The summed E-state index contributed by atoms with van der Waals surface area (Å²) < 4.78 is 13.9. The molecular formula is C18H21ClFN3. The third-order valence-electron chi connectivity index (χ3n) is 3.58. The van der Waals surface area contributed by atoms with Gasteiger partial charge in [-0.3, -0.25) is 0 Å². The highest BCUT2D eigenvalue weighted by Crippen LogP contribution is 2.33. The van der Waals surface area contributed by atoms with Gasteiger partial charge in [0.25, 0.3) is 0 Å². The second kappa shape index (κ2) is 7.47. The van der Waals surface area contributed by atoms with Crippen molar-refractivity contribution in [2.24, 2.45) is 4.99 Å². The van der Waals surface area contributed by atoms with Gasteiger partial charge >= 0.3 is 0 Å². The summed E-state index contributed by atoms with van der Waals surface area (Å²) in [5.74, 6) is -0.294. The van der Waals surface area contributed by atoms with E-state index in [1.165, 1.54) is 6.07 Å². The van der Waals surface area contributed by atoms with Gasteiger partial charge in [0, 0.05) is 19.3 Å². The van der Waals surface area contributed by atoms with E-state index in [4.69, 9.17) is 11.6 Å². The molecule has 0 unspecified atom stereocenters. The number of hydrogen-bond donors (Lipinski definition) is 1. The molecule has 1 N–H and O–H groups in total. The smallest absolute Gasteiger partial charge is 0.146 e. The minimum absolute atomic E-state index is 0.294. The summed E-state index contributed by atoms with van der Waals surface area (Å²) in [5, 5.41) is 3.62. The van der Waals surface area contributed by atoms with Crippen LogP contribution in [0.2, 0.25) is 5.02 Å². The zero-order chi connectivity index (χ0) is 17.0. The number of anilines is 2. The average molecular weight is 334 g/mol. The minimum Gasteiger partial charge on any atom is -0.366 e. The minimum atomic E-state index is -0.294. The third-order valence-corrected chi connectivity index (χ3v) is 3.88. The molecule has 2 aromatic rings. The summed E-state index contributed by atoms with van der Waals surface area (Å²) in [6, 6.07) is 8.62. The molecule has 0 bridgehead atoms. The number of rotatable bonds is 5. The van der Waals surface area contributed by atoms with Crippen LogP contribution in [0.25, 0.3) is 0 Å². The predicted molar refractivity (Wildman–Crippen MR) is 97.1 cm³/mol. The monoisotopic (exact) mass is 333 g/mol. The number of benzene rings is 2. The molecule has 23 heavy (non-hydrogen) atoms. The lowest BCUT2D eigenvalue weighted by Gasteiger charge is -2.13. The fourth-order valence-electron chi connectivity index (χ4n) is 2.02. The van der Waals surface area contributed by atoms with Crippen molar-refractivity contribution >= 4 is 35.0 Å². The molecule has 0 aliphatic heterocycles. The van der Waals surface area contributed by atoms with Crippen molar-refractivity contribution in [2.75, 3.05) is 18.9 Å². The highest BCUT2D eigenvalue weighted by molar-refractivity contribution is 6.33. The second-order valence-electron chi connectivity index (χ2n) is 5.54. The van der Waals surface area contributed by atoms with Crippen LogP contribution in [0, 0.1) is 19.7 Å². The van der Waals surface area contributed by atoms with Crippen LogP contribution in [0.1, 0.15) is 18.1 Å². The maximum atomic E-state index is 13.9. The molecule has 5 heteroatoms. The summed E-state index contributed by atoms with van der Waals surface area (Å²) in [6.07, 6.45) is 1.74. The topological polar surface area (TPSA) is 27.6 Å². The highest BCUT2D eigenvalue weighted by Gasteiger charge is 2.08. The Morgan fingerprint density at radius 3 is 2.65 bits per heavy atom. The predicted octanol–water partition coefficient (Wildman–Crippen LogP) is 5.45.